The van der Waals surface area contributed by atoms with E-state index in [1.165, 1.54) is 6.20 Å². The van der Waals surface area contributed by atoms with Crippen LogP contribution in [0, 0.1) is 11.3 Å². The zero-order valence-electron chi connectivity index (χ0n) is 7.42. The number of hydrogen-bond acceptors (Lipinski definition) is 2. The quantitative estimate of drug-likeness (QED) is 0.616. The highest BCUT2D eigenvalue weighted by molar-refractivity contribution is 14.1. The summed E-state index contributed by atoms with van der Waals surface area (Å²) in [4.78, 5) is 3.52. The van der Waals surface area contributed by atoms with Gasteiger partial charge in [-0.2, -0.15) is 18.4 Å². The van der Waals surface area contributed by atoms with Crippen molar-refractivity contribution >= 4 is 22.6 Å². The first kappa shape index (κ1) is 12.2. The second kappa shape index (κ2) is 4.79. The van der Waals surface area contributed by atoms with E-state index < -0.39 is 11.7 Å². The molecule has 0 radical (unpaired) electrons. The van der Waals surface area contributed by atoms with Crippen molar-refractivity contribution in [2.24, 2.45) is 0 Å². The molecule has 0 spiro atoms. The highest BCUT2D eigenvalue weighted by atomic mass is 127. The van der Waals surface area contributed by atoms with Crippen LogP contribution in [-0.4, -0.2) is 4.98 Å². The maximum Gasteiger partial charge on any atom is 0.417 e. The lowest BCUT2D eigenvalue weighted by Crippen LogP contribution is -2.06. The van der Waals surface area contributed by atoms with E-state index in [9.17, 15) is 13.2 Å². The molecular formula is C9H6F3IN2. The molecule has 0 bridgehead atoms. The molecule has 1 aromatic heterocycles. The van der Waals surface area contributed by atoms with Gasteiger partial charge in [0, 0.05) is 12.4 Å². The number of alkyl halides is 4. The SMILES string of the molecule is N#CCC(I)c1cncc(C(F)(F)F)c1. The van der Waals surface area contributed by atoms with Gasteiger partial charge < -0.3 is 0 Å². The zero-order valence-corrected chi connectivity index (χ0v) is 9.58. The fraction of sp³-hybridized carbons (Fsp3) is 0.333. The van der Waals surface area contributed by atoms with Crippen LogP contribution in [0.1, 0.15) is 21.5 Å². The van der Waals surface area contributed by atoms with Gasteiger partial charge in [-0.3, -0.25) is 4.98 Å². The standard InChI is InChI=1S/C9H6F3IN2/c10-9(11,12)7-3-6(4-15-5-7)8(13)1-2-14/h3-5,8H,1H2. The second-order valence-electron chi connectivity index (χ2n) is 2.83. The number of nitrogens with zero attached hydrogens (tertiary/aromatic N) is 2. The average molecular weight is 326 g/mol. The number of halogens is 4. The van der Waals surface area contributed by atoms with Gasteiger partial charge in [0.2, 0.25) is 0 Å². The highest BCUT2D eigenvalue weighted by Crippen LogP contribution is 2.32. The third kappa shape index (κ3) is 3.34. The van der Waals surface area contributed by atoms with Crippen LogP contribution < -0.4 is 0 Å². The van der Waals surface area contributed by atoms with E-state index >= 15 is 0 Å². The van der Waals surface area contributed by atoms with E-state index in [0.717, 1.165) is 12.3 Å². The smallest absolute Gasteiger partial charge is 0.264 e. The van der Waals surface area contributed by atoms with Crippen LogP contribution in [0.2, 0.25) is 0 Å². The third-order valence-electron chi connectivity index (χ3n) is 1.72. The third-order valence-corrected chi connectivity index (χ3v) is 2.88. The molecule has 1 heterocycles. The summed E-state index contributed by atoms with van der Waals surface area (Å²) in [5, 5.41) is 8.43. The molecule has 0 saturated carbocycles. The van der Waals surface area contributed by atoms with Gasteiger partial charge in [0.25, 0.3) is 0 Å². The van der Waals surface area contributed by atoms with Gasteiger partial charge in [0.1, 0.15) is 0 Å². The van der Waals surface area contributed by atoms with Crippen molar-refractivity contribution in [1.29, 1.82) is 5.26 Å². The van der Waals surface area contributed by atoms with Gasteiger partial charge in [0.05, 0.1) is 22.0 Å². The summed E-state index contributed by atoms with van der Waals surface area (Å²) in [6.07, 6.45) is -2.08. The lowest BCUT2D eigenvalue weighted by molar-refractivity contribution is -0.137. The Morgan fingerprint density at radius 3 is 2.67 bits per heavy atom. The van der Waals surface area contributed by atoms with Crippen molar-refractivity contribution < 1.29 is 13.2 Å². The van der Waals surface area contributed by atoms with Gasteiger partial charge in [-0.25, -0.2) is 0 Å². The van der Waals surface area contributed by atoms with E-state index in [-0.39, 0.29) is 10.3 Å². The molecule has 0 aromatic carbocycles. The molecule has 0 amide bonds. The molecule has 6 heteroatoms. The molecule has 80 valence electrons. The molecule has 0 saturated heterocycles. The van der Waals surface area contributed by atoms with Crippen molar-refractivity contribution in [2.45, 2.75) is 16.5 Å². The molecule has 0 aliphatic heterocycles. The van der Waals surface area contributed by atoms with Gasteiger partial charge in [-0.15, -0.1) is 0 Å². The van der Waals surface area contributed by atoms with E-state index in [0.29, 0.717) is 5.56 Å². The number of rotatable bonds is 2. The fourth-order valence-electron chi connectivity index (χ4n) is 0.982. The molecule has 1 rings (SSSR count). The number of hydrogen-bond donors (Lipinski definition) is 0. The summed E-state index contributed by atoms with van der Waals surface area (Å²) in [6.45, 7) is 0. The van der Waals surface area contributed by atoms with Crippen LogP contribution in [0.3, 0.4) is 0 Å². The van der Waals surface area contributed by atoms with E-state index in [1.54, 1.807) is 0 Å². The lowest BCUT2D eigenvalue weighted by atomic mass is 10.1. The van der Waals surface area contributed by atoms with E-state index in [1.807, 2.05) is 28.7 Å². The first-order valence-electron chi connectivity index (χ1n) is 3.98. The Balaban J connectivity index is 2.99. The minimum Gasteiger partial charge on any atom is -0.264 e. The predicted molar refractivity (Wildman–Crippen MR) is 56.2 cm³/mol. The summed E-state index contributed by atoms with van der Waals surface area (Å²) in [5.74, 6) is 0. The van der Waals surface area contributed by atoms with Crippen LogP contribution in [0.5, 0.6) is 0 Å². The van der Waals surface area contributed by atoms with Crippen LogP contribution in [0.4, 0.5) is 13.2 Å². The zero-order chi connectivity index (χ0) is 11.5. The summed E-state index contributed by atoms with van der Waals surface area (Å²) in [7, 11) is 0. The first-order chi connectivity index (χ1) is 6.95. The molecule has 0 fully saturated rings. The van der Waals surface area contributed by atoms with Crippen molar-refractivity contribution in [3.8, 4) is 6.07 Å². The Morgan fingerprint density at radius 1 is 1.47 bits per heavy atom. The number of pyridine rings is 1. The Hall–Kier alpha value is -0.840. The highest BCUT2D eigenvalue weighted by Gasteiger charge is 2.31. The Labute approximate surface area is 98.3 Å². The maximum atomic E-state index is 12.3. The molecule has 1 atom stereocenters. The fourth-order valence-corrected chi connectivity index (χ4v) is 1.52. The predicted octanol–water partition coefficient (Wildman–Crippen LogP) is 3.49. The average Bonchev–Trinajstić information content (AvgIpc) is 2.17. The van der Waals surface area contributed by atoms with Crippen LogP contribution in [-0.2, 0) is 6.18 Å². The monoisotopic (exact) mass is 326 g/mol. The maximum absolute atomic E-state index is 12.3. The van der Waals surface area contributed by atoms with Crippen LogP contribution >= 0.6 is 22.6 Å². The van der Waals surface area contributed by atoms with E-state index in [4.69, 9.17) is 5.26 Å². The Kier molecular flexibility index (Phi) is 3.90. The molecule has 1 unspecified atom stereocenters. The Bertz CT molecular complexity index is 384. The number of aromatic nitrogens is 1. The molecule has 0 N–H and O–H groups in total. The molecule has 0 aliphatic rings. The van der Waals surface area contributed by atoms with Gasteiger partial charge >= 0.3 is 6.18 Å². The normalized spacial score (nSPS) is 13.3. The van der Waals surface area contributed by atoms with Crippen molar-refractivity contribution in [3.63, 3.8) is 0 Å². The Morgan fingerprint density at radius 2 is 2.13 bits per heavy atom. The van der Waals surface area contributed by atoms with Crippen molar-refractivity contribution in [1.82, 2.24) is 4.98 Å². The minimum absolute atomic E-state index is 0.170. The molecule has 15 heavy (non-hydrogen) atoms. The van der Waals surface area contributed by atoms with Crippen molar-refractivity contribution in [3.05, 3.63) is 29.6 Å². The van der Waals surface area contributed by atoms with Gasteiger partial charge in [-0.05, 0) is 11.6 Å². The summed E-state index contributed by atoms with van der Waals surface area (Å²) in [6, 6.07) is 2.94. The topological polar surface area (TPSA) is 36.7 Å². The van der Waals surface area contributed by atoms with Gasteiger partial charge in [0.15, 0.2) is 0 Å². The largest absolute Gasteiger partial charge is 0.417 e. The molecular weight excluding hydrogens is 320 g/mol. The summed E-state index contributed by atoms with van der Waals surface area (Å²) in [5.41, 5.74) is -0.355. The van der Waals surface area contributed by atoms with Crippen LogP contribution in [0.15, 0.2) is 18.5 Å². The minimum atomic E-state index is -4.38. The van der Waals surface area contributed by atoms with E-state index in [2.05, 4.69) is 4.98 Å². The first-order valence-corrected chi connectivity index (χ1v) is 5.23. The molecule has 0 aliphatic carbocycles. The molecule has 1 aromatic rings. The summed E-state index contributed by atoms with van der Waals surface area (Å²) >= 11 is 1.92. The van der Waals surface area contributed by atoms with Crippen LogP contribution in [0.25, 0.3) is 0 Å². The summed E-state index contributed by atoms with van der Waals surface area (Å²) < 4.78 is 36.7. The van der Waals surface area contributed by atoms with Gasteiger partial charge in [-0.1, -0.05) is 22.6 Å². The van der Waals surface area contributed by atoms with Crippen molar-refractivity contribution in [2.75, 3.05) is 0 Å². The number of nitriles is 1. The second-order valence-corrected chi connectivity index (χ2v) is 4.34. The molecule has 2 nitrogen and oxygen atoms in total. The lowest BCUT2D eigenvalue weighted by Gasteiger charge is -2.09.